The van der Waals surface area contributed by atoms with Crippen LogP contribution in [0.5, 0.6) is 17.2 Å². The number of carbonyl (C=O) groups excluding carboxylic acids is 2. The number of carboxylic acids is 4. The zero-order valence-electron chi connectivity index (χ0n) is 61.9. The molecule has 0 spiro atoms. The van der Waals surface area contributed by atoms with Gasteiger partial charge in [0.2, 0.25) is 5.36 Å². The van der Waals surface area contributed by atoms with Crippen LogP contribution in [-0.4, -0.2) is 212 Å². The number of carboxylic acid groups (broad SMARTS) is 4. The number of ketones is 2. The van der Waals surface area contributed by atoms with Gasteiger partial charge in [-0.1, -0.05) is 48.5 Å². The molecular weight excluding hydrogens is 1380 g/mol. The quantitative estimate of drug-likeness (QED) is 0.00906. The normalized spacial score (nSPS) is 11.2. The first-order valence-electron chi connectivity index (χ1n) is 34.9. The van der Waals surface area contributed by atoms with Crippen molar-refractivity contribution in [1.29, 1.82) is 0 Å². The molecule has 0 radical (unpaired) electrons. The van der Waals surface area contributed by atoms with Gasteiger partial charge >= 0.3 is 23.9 Å². The van der Waals surface area contributed by atoms with Crippen LogP contribution in [0.2, 0.25) is 0 Å². The van der Waals surface area contributed by atoms with Crippen LogP contribution >= 0.6 is 0 Å². The molecule has 4 N–H and O–H groups in total. The lowest BCUT2D eigenvalue weighted by atomic mass is 9.85. The van der Waals surface area contributed by atoms with E-state index in [0.29, 0.717) is 67.8 Å². The Labute approximate surface area is 622 Å². The summed E-state index contributed by atoms with van der Waals surface area (Å²) < 4.78 is 64.4. The van der Waals surface area contributed by atoms with Gasteiger partial charge < -0.3 is 96.7 Å². The van der Waals surface area contributed by atoms with Crippen LogP contribution in [0.1, 0.15) is 66.7 Å². The van der Waals surface area contributed by atoms with Crippen LogP contribution in [0, 0.1) is 0 Å². The van der Waals surface area contributed by atoms with Crippen LogP contribution in [0.15, 0.2) is 150 Å². The molecule has 1 heterocycles. The molecule has 572 valence electrons. The largest absolute Gasteiger partial charge is 0.494 e. The molecule has 0 saturated heterocycles. The molecule has 0 atom stereocenters. The molecule has 1 aliphatic heterocycles. The van der Waals surface area contributed by atoms with E-state index in [1.807, 2.05) is 114 Å². The molecule has 27 heteroatoms. The molecule has 0 saturated carbocycles. The SMILES string of the molecule is CN(C)c1ccc(C(c2ccc(OCCCC(=O)CCCOCOCOCOCOCOCOCCCC(=O)Cc3ccc(OCCOc4cc(-c5c6ccc(=[N+](C)C)cc-6oc6cc(N(C)C)ccc56)ccc4N(CC(=O)O)CC(=O)O)c(N(CC(=O)O)CC(=O)O)c3)cc2)c2ccc(N(C)C)cc2)cc1. The Morgan fingerprint density at radius 1 is 0.430 bits per heavy atom. The van der Waals surface area contributed by atoms with Crippen molar-refractivity contribution in [3.8, 4) is 39.7 Å². The second-order valence-electron chi connectivity index (χ2n) is 26.0. The lowest BCUT2D eigenvalue weighted by Crippen LogP contribution is -2.35. The Bertz CT molecular complexity index is 4170. The maximum absolute atomic E-state index is 13.2. The minimum atomic E-state index is -1.33. The van der Waals surface area contributed by atoms with E-state index in [9.17, 15) is 49.2 Å². The number of fused-ring (bicyclic) bond motifs is 2. The molecule has 0 fully saturated rings. The first kappa shape index (κ1) is 82.0. The number of nitrogens with zero attached hydrogens (tertiary/aromatic N) is 6. The van der Waals surface area contributed by atoms with Gasteiger partial charge in [0.25, 0.3) is 0 Å². The van der Waals surface area contributed by atoms with Crippen molar-refractivity contribution in [2.45, 2.75) is 50.9 Å². The number of hydrogen-bond donors (Lipinski definition) is 4. The number of hydrogen-bond acceptors (Lipinski definition) is 22. The second-order valence-corrected chi connectivity index (χ2v) is 26.0. The average Bonchev–Trinajstić information content (AvgIpc) is 0.748. The lowest BCUT2D eigenvalue weighted by molar-refractivity contribution is -0.215. The smallest absolute Gasteiger partial charge is 0.323 e. The highest BCUT2D eigenvalue weighted by Crippen LogP contribution is 2.44. The average molecular weight is 1480 g/mol. The highest BCUT2D eigenvalue weighted by atomic mass is 16.8. The Morgan fingerprint density at radius 3 is 1.40 bits per heavy atom. The monoisotopic (exact) mass is 1480 g/mol. The summed E-state index contributed by atoms with van der Waals surface area (Å²) in [6.07, 6.45) is 2.32. The van der Waals surface area contributed by atoms with Crippen molar-refractivity contribution in [1.82, 2.24) is 4.58 Å². The van der Waals surface area contributed by atoms with Crippen molar-refractivity contribution in [3.63, 3.8) is 0 Å². The molecule has 0 aromatic heterocycles. The molecular formula is C80H97N6O21+. The summed E-state index contributed by atoms with van der Waals surface area (Å²) in [5, 5.41) is 41.1. The van der Waals surface area contributed by atoms with E-state index in [0.717, 1.165) is 60.0 Å². The van der Waals surface area contributed by atoms with Crippen molar-refractivity contribution >= 4 is 74.8 Å². The lowest BCUT2D eigenvalue weighted by Gasteiger charge is -2.26. The van der Waals surface area contributed by atoms with E-state index in [-0.39, 0.29) is 114 Å². The van der Waals surface area contributed by atoms with E-state index in [1.54, 1.807) is 24.3 Å². The van der Waals surface area contributed by atoms with E-state index in [4.69, 9.17) is 51.8 Å². The topological polar surface area (TPSA) is 308 Å². The van der Waals surface area contributed by atoms with E-state index in [1.165, 1.54) is 23.3 Å². The second kappa shape index (κ2) is 41.9. The molecule has 6 aromatic carbocycles. The summed E-state index contributed by atoms with van der Waals surface area (Å²) in [5.74, 6) is -3.70. The van der Waals surface area contributed by atoms with E-state index in [2.05, 4.69) is 70.5 Å². The predicted octanol–water partition coefficient (Wildman–Crippen LogP) is 9.99. The summed E-state index contributed by atoms with van der Waals surface area (Å²) >= 11 is 0. The molecule has 8 rings (SSSR count). The fourth-order valence-corrected chi connectivity index (χ4v) is 11.8. The minimum Gasteiger partial charge on any atom is -0.494 e. The third-order valence-corrected chi connectivity index (χ3v) is 17.0. The number of aliphatic carboxylic acids is 4. The number of Topliss-reactive ketones (excluding diaryl/α,β-unsaturated/α-hetero) is 2. The van der Waals surface area contributed by atoms with Crippen molar-refractivity contribution < 1.29 is 101 Å². The van der Waals surface area contributed by atoms with Gasteiger partial charge in [0.05, 0.1) is 24.0 Å². The highest BCUT2D eigenvalue weighted by molar-refractivity contribution is 6.03. The summed E-state index contributed by atoms with van der Waals surface area (Å²) in [5.41, 5.74) is 10.1. The molecule has 6 aromatic rings. The van der Waals surface area contributed by atoms with Gasteiger partial charge in [-0.2, -0.15) is 0 Å². The standard InChI is InChI=1S/C80H96N6O21/c1-81(2)60-23-16-56(17-24-60)79(57-18-25-61(26-19-57)82(3)4)58-20-29-66(30-21-58)104-37-11-13-64(87)12-9-35-97-49-99-51-101-53-103-54-102-52-100-50-98-36-10-14-65(88)40-55-15-34-71(70(41-55)86(47-77(93)94)48-78(95)96)105-38-39-106-74-42-59(22-33-69(74)85(45-75(89)90)46-76(91)92)80-67-31-27-62(83(5)6)43-72(67)107-73-44-63(84(7)8)28-32-68(73)80/h15-34,41-44,79H,9-14,35-40,45-54H2,1-8H3,(H3-,89,90,91,92,93,94,95,96)/p+1. The summed E-state index contributed by atoms with van der Waals surface area (Å²) in [7, 11) is 15.8. The maximum atomic E-state index is 13.2. The number of ether oxygens (including phenoxy) is 10. The van der Waals surface area contributed by atoms with E-state index < -0.39 is 50.1 Å². The Morgan fingerprint density at radius 2 is 0.897 bits per heavy atom. The van der Waals surface area contributed by atoms with Gasteiger partial charge in [-0.15, -0.1) is 0 Å². The molecule has 107 heavy (non-hydrogen) atoms. The zero-order valence-corrected chi connectivity index (χ0v) is 61.9. The summed E-state index contributed by atoms with van der Waals surface area (Å²) in [6, 6.07) is 46.8. The van der Waals surface area contributed by atoms with Gasteiger partial charge in [-0.05, 0) is 126 Å². The molecule has 0 amide bonds. The number of carbonyl (C=O) groups is 6. The third-order valence-electron chi connectivity index (χ3n) is 17.0. The molecule has 27 nitrogen and oxygen atoms in total. The third kappa shape index (κ3) is 25.8. The molecule has 0 unspecified atom stereocenters. The first-order chi connectivity index (χ1) is 51.5. The van der Waals surface area contributed by atoms with Gasteiger partial charge in [0, 0.05) is 133 Å². The van der Waals surface area contributed by atoms with Crippen LogP contribution in [0.25, 0.3) is 33.4 Å². The van der Waals surface area contributed by atoms with Gasteiger partial charge in [-0.25, -0.2) is 4.58 Å². The molecule has 1 aliphatic carbocycles. The van der Waals surface area contributed by atoms with Gasteiger partial charge in [0.1, 0.15) is 107 Å². The Kier molecular flexibility index (Phi) is 32.1. The maximum Gasteiger partial charge on any atom is 0.323 e. The first-order valence-corrected chi connectivity index (χ1v) is 34.9. The number of anilines is 5. The zero-order chi connectivity index (χ0) is 76.8. The van der Waals surface area contributed by atoms with Gasteiger partial charge in [0.15, 0.2) is 27.2 Å². The predicted molar refractivity (Wildman–Crippen MR) is 404 cm³/mol. The van der Waals surface area contributed by atoms with Crippen LogP contribution in [0.3, 0.4) is 0 Å². The van der Waals surface area contributed by atoms with Crippen molar-refractivity contribution in [3.05, 3.63) is 173 Å². The minimum absolute atomic E-state index is 0.0212. The van der Waals surface area contributed by atoms with E-state index >= 15 is 0 Å². The van der Waals surface area contributed by atoms with Crippen LogP contribution in [0.4, 0.5) is 28.4 Å². The van der Waals surface area contributed by atoms with Gasteiger partial charge in [-0.3, -0.25) is 28.8 Å². The fraction of sp³-hybridized carbons (Fsp3) is 0.388. The summed E-state index contributed by atoms with van der Waals surface area (Å²) in [4.78, 5) is 82.6. The number of benzene rings is 7. The van der Waals surface area contributed by atoms with Crippen molar-refractivity contribution in [2.24, 2.45) is 0 Å². The highest BCUT2D eigenvalue weighted by Gasteiger charge is 2.26. The van der Waals surface area contributed by atoms with Crippen LogP contribution in [-0.2, 0) is 68.3 Å². The Hall–Kier alpha value is -10.7. The fourth-order valence-electron chi connectivity index (χ4n) is 11.8. The van der Waals surface area contributed by atoms with Crippen molar-refractivity contribution in [2.75, 3.05) is 181 Å². The number of rotatable bonds is 49. The molecule has 2 aliphatic rings. The molecule has 0 bridgehead atoms. The van der Waals surface area contributed by atoms with Crippen LogP contribution < -0.4 is 48.6 Å². The summed E-state index contributed by atoms with van der Waals surface area (Å²) in [6.45, 7) is -2.96. The Balaban J connectivity index is 0.705.